The molecule has 0 aliphatic rings. The summed E-state index contributed by atoms with van der Waals surface area (Å²) in [6.07, 6.45) is 0. The van der Waals surface area contributed by atoms with Crippen molar-refractivity contribution in [2.45, 2.75) is 0 Å². The monoisotopic (exact) mass is 240 g/mol. The van der Waals surface area contributed by atoms with E-state index in [0.717, 1.165) is 0 Å². The summed E-state index contributed by atoms with van der Waals surface area (Å²) in [5, 5.41) is 0. The van der Waals surface area contributed by atoms with Crippen LogP contribution in [0.4, 0.5) is 0 Å². The molecule has 0 aromatic heterocycles. The molecule has 0 amide bonds. The van der Waals surface area contributed by atoms with Gasteiger partial charge in [0.15, 0.2) is 0 Å². The topological polar surface area (TPSA) is 0 Å². The van der Waals surface area contributed by atoms with Crippen LogP contribution in [0.25, 0.3) is 0 Å². The van der Waals surface area contributed by atoms with Gasteiger partial charge in [0, 0.05) is 107 Å². The molecule has 0 N–H and O–H groups in total. The maximum Gasteiger partial charge on any atom is 0 e. The second kappa shape index (κ2) is 16.9. The van der Waals surface area contributed by atoms with Gasteiger partial charge in [-0.3, -0.25) is 0 Å². The van der Waals surface area contributed by atoms with Crippen molar-refractivity contribution >= 4 is 0 Å². The zero-order chi connectivity index (χ0) is 0. The molecule has 26 valence electrons. The van der Waals surface area contributed by atoms with E-state index in [1.54, 1.807) is 0 Å². The molecule has 0 aliphatic carbocycles. The van der Waals surface area contributed by atoms with Gasteiger partial charge in [0.25, 0.3) is 0 Å². The first-order chi connectivity index (χ1) is 0. The number of hydrogen-bond donors (Lipinski definition) is 0. The molecule has 0 fully saturated rings. The molecule has 0 saturated carbocycles. The molecular weight excluding hydrogens is 239 g/mol. The van der Waals surface area contributed by atoms with Crippen LogP contribution in [0, 0.1) is 107 Å². The van der Waals surface area contributed by atoms with Crippen molar-refractivity contribution in [1.29, 1.82) is 0 Å². The van der Waals surface area contributed by atoms with Gasteiger partial charge in [0.2, 0.25) is 0 Å². The first-order valence-corrected chi connectivity index (χ1v) is 0. The zero-order valence-corrected chi connectivity index (χ0v) is 5.27. The Morgan fingerprint density at radius 3 is 1.00 bits per heavy atom. The van der Waals surface area contributed by atoms with Crippen molar-refractivity contribution in [2.75, 3.05) is 0 Å². The van der Waals surface area contributed by atoms with Gasteiger partial charge in [-0.25, -0.2) is 0 Å². The van der Waals surface area contributed by atoms with E-state index in [2.05, 4.69) is 0 Å². The minimum atomic E-state index is 0. The van der Waals surface area contributed by atoms with Crippen LogP contribution in [0.2, 0.25) is 0 Å². The Morgan fingerprint density at radius 2 is 1.00 bits per heavy atom. The zero-order valence-electron chi connectivity index (χ0n) is 1.77. The van der Waals surface area contributed by atoms with E-state index in [9.17, 15) is 0 Å². The van der Waals surface area contributed by atoms with E-state index in [1.165, 1.54) is 0 Å². The Labute approximate surface area is 104 Å². The molecule has 0 aliphatic heterocycles. The van der Waals surface area contributed by atoms with E-state index in [-0.39, 0.29) is 107 Å². The molecule has 0 rings (SSSR count). The summed E-state index contributed by atoms with van der Waals surface area (Å²) >= 11 is 0. The third-order valence-electron chi connectivity index (χ3n) is 0. The maximum absolute atomic E-state index is 0. The van der Waals surface area contributed by atoms with Crippen LogP contribution in [0.1, 0.15) is 0 Å². The Bertz CT molecular complexity index is 8.00. The normalized spacial score (nSPS) is 0. The summed E-state index contributed by atoms with van der Waals surface area (Å²) < 4.78 is 0. The molecule has 4 heavy (non-hydrogen) atoms. The standard InChI is InChI=1S/He.Kr.Ne.Xe. The Balaban J connectivity index is 0. The molecular formula is HeKrNeXe. The van der Waals surface area contributed by atoms with Gasteiger partial charge in [-0.05, 0) is 0 Å². The van der Waals surface area contributed by atoms with Gasteiger partial charge >= 0.3 is 0 Å². The quantitative estimate of drug-likeness (QED) is 0.558. The van der Waals surface area contributed by atoms with Gasteiger partial charge in [-0.1, -0.05) is 0 Å². The minimum absolute atomic E-state index is 0. The molecule has 0 saturated heterocycles. The summed E-state index contributed by atoms with van der Waals surface area (Å²) in [4.78, 5) is 0. The molecule has 0 bridgehead atoms. The van der Waals surface area contributed by atoms with Crippen molar-refractivity contribution in [2.24, 2.45) is 0 Å². The maximum atomic E-state index is 0. The largest absolute Gasteiger partial charge is 0 e. The smallest absolute Gasteiger partial charge is 0 e. The van der Waals surface area contributed by atoms with Crippen molar-refractivity contribution in [3.05, 3.63) is 0 Å². The SMILES string of the molecule is [He].[Kr].[Ne].[Xe]. The first kappa shape index (κ1) is 28.7. The Morgan fingerprint density at radius 1 is 1.00 bits per heavy atom. The molecule has 0 radical (unpaired) electrons. The Hall–Kier alpha value is 2.87. The van der Waals surface area contributed by atoms with Crippen LogP contribution >= 0.6 is 0 Å². The summed E-state index contributed by atoms with van der Waals surface area (Å²) in [5.41, 5.74) is 0. The molecule has 0 atom stereocenters. The van der Waals surface area contributed by atoms with Gasteiger partial charge in [0.1, 0.15) is 0 Å². The van der Waals surface area contributed by atoms with Gasteiger partial charge in [-0.2, -0.15) is 0 Å². The van der Waals surface area contributed by atoms with Crippen LogP contribution in [0.5, 0.6) is 0 Å². The third-order valence-corrected chi connectivity index (χ3v) is 0. The van der Waals surface area contributed by atoms with E-state index in [1.807, 2.05) is 0 Å². The van der Waals surface area contributed by atoms with E-state index in [4.69, 9.17) is 0 Å². The van der Waals surface area contributed by atoms with Gasteiger partial charge in [0.05, 0.1) is 0 Å². The van der Waals surface area contributed by atoms with E-state index >= 15 is 0 Å². The predicted molar refractivity (Wildman–Crippen MR) is 0 cm³/mol. The molecule has 0 spiro atoms. The van der Waals surface area contributed by atoms with Crippen LogP contribution in [-0.2, 0) is 0 Å². The van der Waals surface area contributed by atoms with Crippen LogP contribution in [0.3, 0.4) is 0 Å². The fourth-order valence-corrected chi connectivity index (χ4v) is 0. The molecule has 0 aromatic carbocycles. The van der Waals surface area contributed by atoms with E-state index < -0.39 is 0 Å². The fraction of sp³-hybridized carbons (Fsp3) is 0. The third kappa shape index (κ3) is 8.85. The summed E-state index contributed by atoms with van der Waals surface area (Å²) in [5.74, 6) is 0. The van der Waals surface area contributed by atoms with Gasteiger partial charge < -0.3 is 0 Å². The summed E-state index contributed by atoms with van der Waals surface area (Å²) in [6, 6.07) is 0. The molecule has 0 unspecified atom stereocenters. The molecule has 0 nitrogen and oxygen atoms in total. The molecule has 0 aromatic rings. The second-order valence-corrected chi connectivity index (χ2v) is 0. The second-order valence-electron chi connectivity index (χ2n) is 0. The van der Waals surface area contributed by atoms with Crippen LogP contribution in [-0.4, -0.2) is 0 Å². The summed E-state index contributed by atoms with van der Waals surface area (Å²) in [7, 11) is 0. The predicted octanol–water partition coefficient (Wildman–Crippen LogP) is 0. The average molecular weight is 239 g/mol. The van der Waals surface area contributed by atoms with Crippen molar-refractivity contribution < 1.29 is 107 Å². The minimum Gasteiger partial charge on any atom is 0 e. The Kier molecular flexibility index (Phi) is 121. The number of rotatable bonds is 0. The first-order valence-electron chi connectivity index (χ1n) is 0. The summed E-state index contributed by atoms with van der Waals surface area (Å²) in [6.45, 7) is 0. The van der Waals surface area contributed by atoms with Crippen molar-refractivity contribution in [3.8, 4) is 0 Å². The van der Waals surface area contributed by atoms with E-state index in [0.29, 0.717) is 0 Å². The van der Waals surface area contributed by atoms with Crippen LogP contribution < -0.4 is 0 Å². The van der Waals surface area contributed by atoms with Crippen LogP contribution in [0.15, 0.2) is 0 Å². The number of hydrogen-bond acceptors (Lipinski definition) is 0. The fourth-order valence-electron chi connectivity index (χ4n) is 0. The molecule has 4 heteroatoms. The van der Waals surface area contributed by atoms with Crippen molar-refractivity contribution in [3.63, 3.8) is 0 Å². The van der Waals surface area contributed by atoms with Crippen molar-refractivity contribution in [1.82, 2.24) is 0 Å². The average Bonchev–Trinajstić information content (AvgIpc) is 0. The van der Waals surface area contributed by atoms with Gasteiger partial charge in [-0.15, -0.1) is 0 Å². The molecule has 0 heterocycles.